The van der Waals surface area contributed by atoms with Crippen molar-refractivity contribution in [1.29, 1.82) is 0 Å². The Kier molecular flexibility index (Phi) is 7.24. The van der Waals surface area contributed by atoms with Crippen LogP contribution in [-0.4, -0.2) is 24.2 Å². The minimum Gasteiger partial charge on any atom is -0.449 e. The first kappa shape index (κ1) is 20.0. The van der Waals surface area contributed by atoms with Gasteiger partial charge in [0.15, 0.2) is 6.10 Å². The third-order valence-corrected chi connectivity index (χ3v) is 4.44. The molecule has 0 aliphatic heterocycles. The van der Waals surface area contributed by atoms with Gasteiger partial charge in [-0.2, -0.15) is 0 Å². The van der Waals surface area contributed by atoms with Gasteiger partial charge in [0.25, 0.3) is 5.91 Å². The highest BCUT2D eigenvalue weighted by Crippen LogP contribution is 2.22. The number of ether oxygens (including phenoxy) is 1. The van der Waals surface area contributed by atoms with E-state index in [1.807, 2.05) is 30.5 Å². The molecular weight excluding hydrogens is 377 g/mol. The van der Waals surface area contributed by atoms with Crippen LogP contribution < -0.4 is 5.32 Å². The molecule has 2 rings (SSSR count). The van der Waals surface area contributed by atoms with Gasteiger partial charge >= 0.3 is 5.97 Å². The Morgan fingerprint density at radius 2 is 1.92 bits per heavy atom. The highest BCUT2D eigenvalue weighted by molar-refractivity contribution is 7.98. The summed E-state index contributed by atoms with van der Waals surface area (Å²) in [5, 5.41) is 2.55. The number of nitrogens with one attached hydrogen (secondary N) is 1. The molecule has 0 heterocycles. The van der Waals surface area contributed by atoms with Crippen LogP contribution in [-0.2, 0) is 14.3 Å². The van der Waals surface area contributed by atoms with E-state index in [9.17, 15) is 14.0 Å². The van der Waals surface area contributed by atoms with E-state index in [1.54, 1.807) is 17.8 Å². The first-order valence-corrected chi connectivity index (χ1v) is 9.28. The molecule has 1 N–H and O–H groups in total. The van der Waals surface area contributed by atoms with Gasteiger partial charge in [0.05, 0.1) is 10.7 Å². The lowest BCUT2D eigenvalue weighted by Gasteiger charge is -2.13. The molecule has 4 nitrogen and oxygen atoms in total. The lowest BCUT2D eigenvalue weighted by molar-refractivity contribution is -0.148. The fraction of sp³-hybridized carbons (Fsp3) is 0.158. The molecule has 0 bridgehead atoms. The molecule has 0 saturated carbocycles. The highest BCUT2D eigenvalue weighted by atomic mass is 35.5. The van der Waals surface area contributed by atoms with Gasteiger partial charge in [0, 0.05) is 11.0 Å². The second-order valence-corrected chi connectivity index (χ2v) is 6.59. The van der Waals surface area contributed by atoms with Crippen molar-refractivity contribution >= 4 is 47.0 Å². The molecule has 0 saturated heterocycles. The molecule has 1 amide bonds. The molecule has 2 aromatic carbocycles. The van der Waals surface area contributed by atoms with Gasteiger partial charge in [-0.05, 0) is 55.2 Å². The monoisotopic (exact) mass is 393 g/mol. The van der Waals surface area contributed by atoms with Crippen molar-refractivity contribution in [1.82, 2.24) is 0 Å². The predicted molar refractivity (Wildman–Crippen MR) is 103 cm³/mol. The van der Waals surface area contributed by atoms with Gasteiger partial charge in [-0.3, -0.25) is 4.79 Å². The van der Waals surface area contributed by atoms with Crippen molar-refractivity contribution < 1.29 is 18.7 Å². The maximum Gasteiger partial charge on any atom is 0.331 e. The molecule has 0 unspecified atom stereocenters. The third kappa shape index (κ3) is 5.89. The molecule has 2 aromatic rings. The molecule has 0 spiro atoms. The van der Waals surface area contributed by atoms with Crippen LogP contribution >= 0.6 is 23.4 Å². The fourth-order valence-corrected chi connectivity index (χ4v) is 2.59. The lowest BCUT2D eigenvalue weighted by Crippen LogP contribution is -2.29. The third-order valence-electron chi connectivity index (χ3n) is 3.38. The molecule has 26 heavy (non-hydrogen) atoms. The zero-order valence-corrected chi connectivity index (χ0v) is 15.7. The van der Waals surface area contributed by atoms with Crippen LogP contribution in [0.1, 0.15) is 12.5 Å². The molecule has 7 heteroatoms. The fourth-order valence-electron chi connectivity index (χ4n) is 1.97. The van der Waals surface area contributed by atoms with E-state index in [2.05, 4.69) is 5.32 Å². The number of hydrogen-bond acceptors (Lipinski definition) is 4. The average molecular weight is 394 g/mol. The topological polar surface area (TPSA) is 55.4 Å². The lowest BCUT2D eigenvalue weighted by atomic mass is 10.2. The summed E-state index contributed by atoms with van der Waals surface area (Å²) in [6.07, 6.45) is 3.80. The first-order valence-electron chi connectivity index (χ1n) is 7.67. The number of hydrogen-bond donors (Lipinski definition) is 1. The SMILES string of the molecule is CSc1ccc(/C=C/C(=O)O[C@@H](C)C(=O)Nc2ccc(F)cc2Cl)cc1. The molecule has 0 aliphatic rings. The van der Waals surface area contributed by atoms with Crippen LogP contribution in [0.4, 0.5) is 10.1 Å². The first-order chi connectivity index (χ1) is 12.4. The number of anilines is 1. The van der Waals surface area contributed by atoms with Crippen molar-refractivity contribution in [3.63, 3.8) is 0 Å². The number of benzene rings is 2. The quantitative estimate of drug-likeness (QED) is 0.435. The Hall–Kier alpha value is -2.31. The summed E-state index contributed by atoms with van der Waals surface area (Å²) in [6.45, 7) is 1.44. The van der Waals surface area contributed by atoms with Crippen molar-refractivity contribution in [3.05, 3.63) is 64.9 Å². The maximum absolute atomic E-state index is 13.0. The summed E-state index contributed by atoms with van der Waals surface area (Å²) in [4.78, 5) is 25.0. The Morgan fingerprint density at radius 3 is 2.54 bits per heavy atom. The summed E-state index contributed by atoms with van der Waals surface area (Å²) in [7, 11) is 0. The predicted octanol–water partition coefficient (Wildman–Crippen LogP) is 4.78. The van der Waals surface area contributed by atoms with E-state index >= 15 is 0 Å². The van der Waals surface area contributed by atoms with Gasteiger partial charge in [-0.25, -0.2) is 9.18 Å². The van der Waals surface area contributed by atoms with E-state index in [-0.39, 0.29) is 10.7 Å². The zero-order valence-electron chi connectivity index (χ0n) is 14.2. The van der Waals surface area contributed by atoms with Gasteiger partial charge < -0.3 is 10.1 Å². The van der Waals surface area contributed by atoms with Crippen LogP contribution in [0, 0.1) is 5.82 Å². The normalized spacial score (nSPS) is 12.0. The Labute approximate surface area is 160 Å². The minimum atomic E-state index is -1.04. The molecule has 1 atom stereocenters. The van der Waals surface area contributed by atoms with Crippen molar-refractivity contribution in [2.75, 3.05) is 11.6 Å². The van der Waals surface area contributed by atoms with Crippen LogP contribution in [0.2, 0.25) is 5.02 Å². The van der Waals surface area contributed by atoms with E-state index < -0.39 is 23.8 Å². The molecule has 0 radical (unpaired) electrons. The zero-order chi connectivity index (χ0) is 19.1. The molecule has 0 fully saturated rings. The van der Waals surface area contributed by atoms with Crippen LogP contribution in [0.15, 0.2) is 53.4 Å². The van der Waals surface area contributed by atoms with Crippen LogP contribution in [0.5, 0.6) is 0 Å². The summed E-state index contributed by atoms with van der Waals surface area (Å²) < 4.78 is 18.1. The second kappa shape index (κ2) is 9.40. The Bertz CT molecular complexity index is 824. The summed E-state index contributed by atoms with van der Waals surface area (Å²) in [5.74, 6) is -1.72. The van der Waals surface area contributed by atoms with Crippen LogP contribution in [0.25, 0.3) is 6.08 Å². The summed E-state index contributed by atoms with van der Waals surface area (Å²) >= 11 is 7.47. The Balaban J connectivity index is 1.90. The van der Waals surface area contributed by atoms with Gasteiger partial charge in [-0.15, -0.1) is 11.8 Å². The molecule has 0 aliphatic carbocycles. The Morgan fingerprint density at radius 1 is 1.23 bits per heavy atom. The van der Waals surface area contributed by atoms with Crippen molar-refractivity contribution in [3.8, 4) is 0 Å². The number of carbonyl (C=O) groups excluding carboxylic acids is 2. The van der Waals surface area contributed by atoms with Gasteiger partial charge in [0.1, 0.15) is 5.82 Å². The number of esters is 1. The average Bonchev–Trinajstić information content (AvgIpc) is 2.62. The summed E-state index contributed by atoms with van der Waals surface area (Å²) in [6, 6.07) is 11.2. The van der Waals surface area contributed by atoms with E-state index in [1.165, 1.54) is 25.1 Å². The standard InChI is InChI=1S/C19H17ClFNO3S/c1-12(19(24)22-17-9-6-14(21)11-16(17)20)25-18(23)10-5-13-3-7-15(26-2)8-4-13/h3-12H,1-2H3,(H,22,24)/b10-5+/t12-/m0/s1. The molecule has 0 aromatic heterocycles. The van der Waals surface area contributed by atoms with E-state index in [0.717, 1.165) is 16.5 Å². The largest absolute Gasteiger partial charge is 0.449 e. The highest BCUT2D eigenvalue weighted by Gasteiger charge is 2.17. The number of rotatable bonds is 6. The number of halogens is 2. The van der Waals surface area contributed by atoms with Crippen molar-refractivity contribution in [2.24, 2.45) is 0 Å². The number of thioether (sulfide) groups is 1. The second-order valence-electron chi connectivity index (χ2n) is 5.30. The summed E-state index contributed by atoms with van der Waals surface area (Å²) in [5.41, 5.74) is 1.08. The van der Waals surface area contributed by atoms with Crippen molar-refractivity contribution in [2.45, 2.75) is 17.9 Å². The van der Waals surface area contributed by atoms with Gasteiger partial charge in [0.2, 0.25) is 0 Å². The van der Waals surface area contributed by atoms with Gasteiger partial charge in [-0.1, -0.05) is 23.7 Å². The van der Waals surface area contributed by atoms with E-state index in [0.29, 0.717) is 0 Å². The number of carbonyl (C=O) groups is 2. The van der Waals surface area contributed by atoms with Crippen LogP contribution in [0.3, 0.4) is 0 Å². The maximum atomic E-state index is 13.0. The molecule has 136 valence electrons. The number of amides is 1. The van der Waals surface area contributed by atoms with E-state index in [4.69, 9.17) is 16.3 Å². The smallest absolute Gasteiger partial charge is 0.331 e. The minimum absolute atomic E-state index is 0.0606. The molecular formula is C19H17ClFNO3S.